The number of ether oxygens (including phenoxy) is 4. The van der Waals surface area contributed by atoms with E-state index in [1.165, 1.54) is 122 Å². The predicted molar refractivity (Wildman–Crippen MR) is 349 cm³/mol. The summed E-state index contributed by atoms with van der Waals surface area (Å²) in [7, 11) is -9.90. The molecule has 0 saturated heterocycles. The highest BCUT2D eigenvalue weighted by molar-refractivity contribution is 7.47. The van der Waals surface area contributed by atoms with Gasteiger partial charge in [0.05, 0.1) is 26.4 Å². The third kappa shape index (κ3) is 60.1. The molecule has 0 fully saturated rings. The molecule has 3 N–H and O–H groups in total. The summed E-state index contributed by atoms with van der Waals surface area (Å²) in [5, 5.41) is 10.6. The first-order valence-electron chi connectivity index (χ1n) is 35.3. The van der Waals surface area contributed by atoms with Crippen LogP contribution in [0.4, 0.5) is 0 Å². The number of esters is 4. The van der Waals surface area contributed by atoms with Crippen molar-refractivity contribution < 1.29 is 80.2 Å². The monoisotopic (exact) mass is 1280 g/mol. The first-order valence-corrected chi connectivity index (χ1v) is 38.3. The van der Waals surface area contributed by atoms with Gasteiger partial charge in [-0.25, -0.2) is 9.13 Å². The van der Waals surface area contributed by atoms with E-state index < -0.39 is 97.5 Å². The maximum absolute atomic E-state index is 13.0. The second-order valence-electron chi connectivity index (χ2n) is 26.0. The van der Waals surface area contributed by atoms with E-state index in [1.807, 2.05) is 0 Å². The zero-order valence-corrected chi connectivity index (χ0v) is 58.4. The van der Waals surface area contributed by atoms with Gasteiger partial charge in [-0.3, -0.25) is 37.3 Å². The molecule has 19 heteroatoms. The molecule has 0 aliphatic rings. The van der Waals surface area contributed by atoms with Gasteiger partial charge in [0.25, 0.3) is 0 Å². The number of hydrogen-bond acceptors (Lipinski definition) is 15. The van der Waals surface area contributed by atoms with Gasteiger partial charge in [0, 0.05) is 25.7 Å². The van der Waals surface area contributed by atoms with Crippen LogP contribution in [-0.4, -0.2) is 96.7 Å². The van der Waals surface area contributed by atoms with E-state index >= 15 is 0 Å². The van der Waals surface area contributed by atoms with Crippen molar-refractivity contribution in [3.63, 3.8) is 0 Å². The van der Waals surface area contributed by atoms with Crippen LogP contribution in [0, 0.1) is 23.7 Å². The number of aliphatic hydroxyl groups is 1. The van der Waals surface area contributed by atoms with E-state index in [0.29, 0.717) is 31.6 Å². The third-order valence-electron chi connectivity index (χ3n) is 16.3. The fourth-order valence-electron chi connectivity index (χ4n) is 10.1. The molecule has 0 bridgehead atoms. The van der Waals surface area contributed by atoms with Gasteiger partial charge < -0.3 is 33.8 Å². The van der Waals surface area contributed by atoms with E-state index in [9.17, 15) is 43.2 Å². The Balaban J connectivity index is 5.24. The minimum absolute atomic E-state index is 0.103. The lowest BCUT2D eigenvalue weighted by molar-refractivity contribution is -0.161. The number of phosphoric ester groups is 2. The van der Waals surface area contributed by atoms with Crippen molar-refractivity contribution in [3.8, 4) is 0 Å². The summed E-state index contributed by atoms with van der Waals surface area (Å²) in [5.41, 5.74) is 0. The maximum Gasteiger partial charge on any atom is 0.472 e. The van der Waals surface area contributed by atoms with Crippen molar-refractivity contribution in [2.24, 2.45) is 23.7 Å². The first kappa shape index (κ1) is 85.1. The van der Waals surface area contributed by atoms with Gasteiger partial charge in [-0.2, -0.15) is 0 Å². The second kappa shape index (κ2) is 57.9. The summed E-state index contributed by atoms with van der Waals surface area (Å²) >= 11 is 0. The molecule has 0 aliphatic heterocycles. The van der Waals surface area contributed by atoms with E-state index in [1.54, 1.807) is 0 Å². The van der Waals surface area contributed by atoms with Gasteiger partial charge in [0.2, 0.25) is 0 Å². The van der Waals surface area contributed by atoms with Crippen LogP contribution >= 0.6 is 15.6 Å². The summed E-state index contributed by atoms with van der Waals surface area (Å²) in [5.74, 6) is 0.830. The minimum Gasteiger partial charge on any atom is -0.462 e. The summed E-state index contributed by atoms with van der Waals surface area (Å²) in [6.07, 6.45) is 39.1. The Morgan fingerprint density at radius 3 is 0.816 bits per heavy atom. The first-order chi connectivity index (χ1) is 41.7. The molecule has 87 heavy (non-hydrogen) atoms. The van der Waals surface area contributed by atoms with Gasteiger partial charge in [0.15, 0.2) is 12.2 Å². The van der Waals surface area contributed by atoms with Crippen molar-refractivity contribution in [3.05, 3.63) is 0 Å². The normalized spacial score (nSPS) is 15.0. The molecule has 0 radical (unpaired) electrons. The van der Waals surface area contributed by atoms with Crippen LogP contribution in [0.1, 0.15) is 331 Å². The van der Waals surface area contributed by atoms with Crippen LogP contribution in [0.2, 0.25) is 0 Å². The fraction of sp³-hybridized carbons (Fsp3) is 0.941. The molecular weight excluding hydrogens is 1150 g/mol. The molecule has 0 aliphatic carbocycles. The van der Waals surface area contributed by atoms with Crippen molar-refractivity contribution in [2.45, 2.75) is 350 Å². The fourth-order valence-corrected chi connectivity index (χ4v) is 11.7. The summed E-state index contributed by atoms with van der Waals surface area (Å²) < 4.78 is 68.2. The molecule has 0 rings (SSSR count). The summed E-state index contributed by atoms with van der Waals surface area (Å²) in [4.78, 5) is 72.4. The van der Waals surface area contributed by atoms with E-state index in [0.717, 1.165) is 120 Å². The van der Waals surface area contributed by atoms with Gasteiger partial charge >= 0.3 is 39.5 Å². The van der Waals surface area contributed by atoms with Crippen LogP contribution in [0.15, 0.2) is 0 Å². The highest BCUT2D eigenvalue weighted by Gasteiger charge is 2.30. The number of rotatable bonds is 65. The molecule has 0 spiro atoms. The second-order valence-corrected chi connectivity index (χ2v) is 28.9. The van der Waals surface area contributed by atoms with Crippen LogP contribution in [0.3, 0.4) is 0 Å². The highest BCUT2D eigenvalue weighted by Crippen LogP contribution is 2.45. The van der Waals surface area contributed by atoms with Crippen LogP contribution in [0.5, 0.6) is 0 Å². The van der Waals surface area contributed by atoms with Crippen LogP contribution in [0.25, 0.3) is 0 Å². The van der Waals surface area contributed by atoms with E-state index in [2.05, 4.69) is 55.4 Å². The third-order valence-corrected chi connectivity index (χ3v) is 18.2. The molecule has 7 atom stereocenters. The topological polar surface area (TPSA) is 237 Å². The van der Waals surface area contributed by atoms with Gasteiger partial charge in [0.1, 0.15) is 19.3 Å². The zero-order chi connectivity index (χ0) is 64.7. The molecule has 516 valence electrons. The number of carbonyl (C=O) groups is 4. The van der Waals surface area contributed by atoms with Crippen molar-refractivity contribution in [2.75, 3.05) is 39.6 Å². The number of unbranched alkanes of at least 4 members (excludes halogenated alkanes) is 29. The van der Waals surface area contributed by atoms with Crippen LogP contribution in [-0.2, 0) is 65.4 Å². The molecule has 0 saturated carbocycles. The number of aliphatic hydroxyl groups excluding tert-OH is 1. The quantitative estimate of drug-likeness (QED) is 0.0222. The van der Waals surface area contributed by atoms with Crippen molar-refractivity contribution >= 4 is 39.5 Å². The Morgan fingerprint density at radius 2 is 0.552 bits per heavy atom. The Labute approximate surface area is 530 Å². The number of carbonyl (C=O) groups excluding carboxylic acids is 4. The molecular formula is C68H132O17P2. The van der Waals surface area contributed by atoms with Crippen LogP contribution < -0.4 is 0 Å². The molecule has 0 aromatic heterocycles. The smallest absolute Gasteiger partial charge is 0.462 e. The largest absolute Gasteiger partial charge is 0.472 e. The lowest BCUT2D eigenvalue weighted by atomic mass is 9.99. The summed E-state index contributed by atoms with van der Waals surface area (Å²) in [6, 6.07) is 0. The maximum atomic E-state index is 13.0. The Kier molecular flexibility index (Phi) is 56.6. The van der Waals surface area contributed by atoms with E-state index in [-0.39, 0.29) is 25.7 Å². The lowest BCUT2D eigenvalue weighted by Gasteiger charge is -2.21. The Morgan fingerprint density at radius 1 is 0.322 bits per heavy atom. The average Bonchev–Trinajstić information content (AvgIpc) is 3.50. The van der Waals surface area contributed by atoms with Gasteiger partial charge in [-0.05, 0) is 49.4 Å². The van der Waals surface area contributed by atoms with Gasteiger partial charge in [-0.1, -0.05) is 280 Å². The predicted octanol–water partition coefficient (Wildman–Crippen LogP) is 18.9. The number of phosphoric acid groups is 2. The van der Waals surface area contributed by atoms with Crippen molar-refractivity contribution in [1.82, 2.24) is 0 Å². The van der Waals surface area contributed by atoms with E-state index in [4.69, 9.17) is 37.0 Å². The molecule has 0 aromatic rings. The SMILES string of the molecule is CCC(C)CCCCCCCCCCC(=O)O[C@H](COC(=O)CCCCCCCCC(C)CC)COP(=O)(O)OC[C@@H](O)COP(=O)(O)OC[C@@H](COC(=O)CCCCCCCCC(C)C)OC(=O)CCCCCCCCCCCCCCCC(C)C. The minimum atomic E-state index is -4.95. The van der Waals surface area contributed by atoms with Gasteiger partial charge in [-0.15, -0.1) is 0 Å². The summed E-state index contributed by atoms with van der Waals surface area (Å²) in [6.45, 7) is 14.0. The zero-order valence-electron chi connectivity index (χ0n) is 56.6. The molecule has 0 heterocycles. The average molecular weight is 1280 g/mol. The Hall–Kier alpha value is -1.94. The number of hydrogen-bond donors (Lipinski definition) is 3. The molecule has 0 aromatic carbocycles. The molecule has 0 amide bonds. The molecule has 17 nitrogen and oxygen atoms in total. The lowest BCUT2D eigenvalue weighted by Crippen LogP contribution is -2.30. The van der Waals surface area contributed by atoms with Crippen molar-refractivity contribution in [1.29, 1.82) is 0 Å². The standard InChI is InChI=1S/C68H132O17P2/c1-9-60(7)46-38-30-21-18-19-23-35-43-51-68(73)85-64(55-79-66(71)49-41-33-27-25-31-39-47-61(8)10-2)57-83-87(76,77)81-53-62(69)52-80-86(74,75)82-56-63(54-78-65(70)48-40-32-26-24-29-37-45-59(5)6)84-67(72)50-42-34-22-17-15-13-11-12-14-16-20-28-36-44-58(3)4/h58-64,69H,9-57H2,1-8H3,(H,74,75)(H,76,77)/t60?,61?,62-,63+,64+/m0/s1. The Bertz CT molecular complexity index is 1730. The molecule has 4 unspecified atom stereocenters. The highest BCUT2D eigenvalue weighted by atomic mass is 31.2.